The van der Waals surface area contributed by atoms with Gasteiger partial charge in [-0.3, -0.25) is 4.79 Å². The van der Waals surface area contributed by atoms with Gasteiger partial charge in [-0.2, -0.15) is 0 Å². The van der Waals surface area contributed by atoms with Gasteiger partial charge >= 0.3 is 0 Å². The Hall–Kier alpha value is -1.31. The molecule has 2 nitrogen and oxygen atoms in total. The minimum atomic E-state index is 0. The first-order valence-electron chi connectivity index (χ1n) is 5.68. The maximum absolute atomic E-state index is 11.1. The second kappa shape index (κ2) is 5.69. The van der Waals surface area contributed by atoms with Gasteiger partial charge in [-0.15, -0.1) is 0 Å². The Bertz CT molecular complexity index is 374. The number of benzene rings is 1. The maximum atomic E-state index is 11.1. The lowest BCUT2D eigenvalue weighted by Crippen LogP contribution is -2.07. The second-order valence-corrected chi connectivity index (χ2v) is 4.34. The van der Waals surface area contributed by atoms with E-state index in [2.05, 4.69) is 13.0 Å². The van der Waals surface area contributed by atoms with Gasteiger partial charge in [0.25, 0.3) is 0 Å². The van der Waals surface area contributed by atoms with Gasteiger partial charge in [0.15, 0.2) is 0 Å². The van der Waals surface area contributed by atoms with Crippen molar-refractivity contribution in [2.75, 3.05) is 7.11 Å². The van der Waals surface area contributed by atoms with E-state index in [-0.39, 0.29) is 13.1 Å². The minimum Gasteiger partial charge on any atom is -0.497 e. The van der Waals surface area contributed by atoms with Crippen LogP contribution >= 0.6 is 0 Å². The van der Waals surface area contributed by atoms with Crippen molar-refractivity contribution in [3.8, 4) is 5.75 Å². The van der Waals surface area contributed by atoms with Gasteiger partial charge in [-0.25, -0.2) is 0 Å². The van der Waals surface area contributed by atoms with Gasteiger partial charge in [0.2, 0.25) is 0 Å². The van der Waals surface area contributed by atoms with Crippen LogP contribution in [0.25, 0.3) is 0 Å². The van der Waals surface area contributed by atoms with Crippen molar-refractivity contribution >= 4 is 5.78 Å². The van der Waals surface area contributed by atoms with Crippen molar-refractivity contribution < 1.29 is 11.0 Å². The molecule has 0 radical (unpaired) electrons. The lowest BCUT2D eigenvalue weighted by atomic mass is 9.96. The van der Waals surface area contributed by atoms with Crippen LogP contribution < -0.4 is 4.74 Å². The van der Waals surface area contributed by atoms with Crippen molar-refractivity contribution in [3.63, 3.8) is 0 Å². The maximum Gasteiger partial charge on any atom is 0.132 e. The number of hydrogen-bond donors (Lipinski definition) is 0. The standard InChI is InChI=1S/C14H20O2.H2/c1-10(12(3)15)5-6-13-7-8-14(16-4)9-11(13)2;/h7-10H,5-6H2,1-4H3;1H. The molecule has 2 heteroatoms. The molecule has 1 atom stereocenters. The second-order valence-electron chi connectivity index (χ2n) is 4.34. The Labute approximate surface area is 99.1 Å². The third-order valence-corrected chi connectivity index (χ3v) is 3.09. The van der Waals surface area contributed by atoms with Gasteiger partial charge in [-0.05, 0) is 49.9 Å². The van der Waals surface area contributed by atoms with Crippen LogP contribution in [0.4, 0.5) is 0 Å². The Morgan fingerprint density at radius 3 is 2.69 bits per heavy atom. The summed E-state index contributed by atoms with van der Waals surface area (Å²) < 4.78 is 5.16. The molecule has 0 bridgehead atoms. The molecule has 0 aromatic heterocycles. The molecular formula is C14H22O2. The summed E-state index contributed by atoms with van der Waals surface area (Å²) in [5.74, 6) is 1.31. The lowest BCUT2D eigenvalue weighted by Gasteiger charge is -2.10. The van der Waals surface area contributed by atoms with E-state index in [1.165, 1.54) is 11.1 Å². The molecule has 0 saturated heterocycles. The monoisotopic (exact) mass is 222 g/mol. The Balaban J connectivity index is 0.00000256. The first-order valence-corrected chi connectivity index (χ1v) is 5.68. The molecule has 0 saturated carbocycles. The molecule has 1 rings (SSSR count). The topological polar surface area (TPSA) is 26.3 Å². The highest BCUT2D eigenvalue weighted by Gasteiger charge is 2.08. The Morgan fingerprint density at radius 2 is 2.19 bits per heavy atom. The van der Waals surface area contributed by atoms with Crippen LogP contribution in [0.5, 0.6) is 5.75 Å². The average Bonchev–Trinajstić information content (AvgIpc) is 2.26. The van der Waals surface area contributed by atoms with E-state index in [1.807, 2.05) is 19.1 Å². The molecule has 0 fully saturated rings. The summed E-state index contributed by atoms with van der Waals surface area (Å²) in [6, 6.07) is 6.09. The number of methoxy groups -OCH3 is 1. The molecule has 1 unspecified atom stereocenters. The lowest BCUT2D eigenvalue weighted by molar-refractivity contribution is -0.120. The van der Waals surface area contributed by atoms with Crippen molar-refractivity contribution in [1.29, 1.82) is 0 Å². The number of hydrogen-bond acceptors (Lipinski definition) is 2. The van der Waals surface area contributed by atoms with E-state index in [0.29, 0.717) is 0 Å². The summed E-state index contributed by atoms with van der Waals surface area (Å²) in [6.45, 7) is 5.73. The number of ketones is 1. The van der Waals surface area contributed by atoms with Crippen LogP contribution in [0.15, 0.2) is 18.2 Å². The van der Waals surface area contributed by atoms with Gasteiger partial charge in [0.1, 0.15) is 11.5 Å². The predicted octanol–water partition coefficient (Wildman–Crippen LogP) is 3.41. The average molecular weight is 222 g/mol. The fourth-order valence-electron chi connectivity index (χ4n) is 1.65. The number of carbonyl (C=O) groups is 1. The molecule has 0 N–H and O–H groups in total. The summed E-state index contributed by atoms with van der Waals surface area (Å²) >= 11 is 0. The first kappa shape index (κ1) is 12.8. The zero-order valence-corrected chi connectivity index (χ0v) is 10.5. The van der Waals surface area contributed by atoms with Gasteiger partial charge < -0.3 is 4.74 Å². The van der Waals surface area contributed by atoms with Crippen molar-refractivity contribution in [1.82, 2.24) is 0 Å². The van der Waals surface area contributed by atoms with Crippen molar-refractivity contribution in [2.24, 2.45) is 5.92 Å². The predicted molar refractivity (Wildman–Crippen MR) is 68.0 cm³/mol. The molecule has 0 amide bonds. The van der Waals surface area contributed by atoms with Crippen LogP contribution in [-0.4, -0.2) is 12.9 Å². The zero-order chi connectivity index (χ0) is 12.1. The van der Waals surface area contributed by atoms with E-state index >= 15 is 0 Å². The van der Waals surface area contributed by atoms with Crippen molar-refractivity contribution in [3.05, 3.63) is 29.3 Å². The highest BCUT2D eigenvalue weighted by molar-refractivity contribution is 5.77. The summed E-state index contributed by atoms with van der Waals surface area (Å²) in [5, 5.41) is 0. The highest BCUT2D eigenvalue weighted by Crippen LogP contribution is 2.19. The quantitative estimate of drug-likeness (QED) is 0.763. The number of ether oxygens (including phenoxy) is 1. The molecule has 0 aliphatic heterocycles. The molecule has 0 aliphatic carbocycles. The highest BCUT2D eigenvalue weighted by atomic mass is 16.5. The number of carbonyl (C=O) groups excluding carboxylic acids is 1. The minimum absolute atomic E-state index is 0. The third kappa shape index (κ3) is 3.37. The molecule has 1 aromatic carbocycles. The van der Waals surface area contributed by atoms with Crippen LogP contribution in [0, 0.1) is 12.8 Å². The Morgan fingerprint density at radius 1 is 1.50 bits per heavy atom. The van der Waals surface area contributed by atoms with Crippen LogP contribution in [0.3, 0.4) is 0 Å². The summed E-state index contributed by atoms with van der Waals surface area (Å²) in [4.78, 5) is 11.1. The van der Waals surface area contributed by atoms with E-state index < -0.39 is 0 Å². The van der Waals surface area contributed by atoms with E-state index in [1.54, 1.807) is 14.0 Å². The van der Waals surface area contributed by atoms with Crippen molar-refractivity contribution in [2.45, 2.75) is 33.6 Å². The van der Waals surface area contributed by atoms with Gasteiger partial charge in [0.05, 0.1) is 7.11 Å². The molecule has 0 aliphatic rings. The summed E-state index contributed by atoms with van der Waals surface area (Å²) in [6.07, 6.45) is 1.87. The molecule has 0 heterocycles. The van der Waals surface area contributed by atoms with Gasteiger partial charge in [-0.1, -0.05) is 13.0 Å². The van der Waals surface area contributed by atoms with Crippen LogP contribution in [0.1, 0.15) is 32.8 Å². The SMILES string of the molecule is COc1ccc(CCC(C)C(C)=O)c(C)c1.[HH]. The molecule has 16 heavy (non-hydrogen) atoms. The van der Waals surface area contributed by atoms with E-state index in [0.717, 1.165) is 18.6 Å². The fraction of sp³-hybridized carbons (Fsp3) is 0.500. The zero-order valence-electron chi connectivity index (χ0n) is 10.5. The largest absolute Gasteiger partial charge is 0.497 e. The number of rotatable bonds is 5. The van der Waals surface area contributed by atoms with E-state index in [9.17, 15) is 4.79 Å². The third-order valence-electron chi connectivity index (χ3n) is 3.09. The summed E-state index contributed by atoms with van der Waals surface area (Å²) in [5.41, 5.74) is 2.53. The fourth-order valence-corrected chi connectivity index (χ4v) is 1.65. The molecular weight excluding hydrogens is 200 g/mol. The van der Waals surface area contributed by atoms with Gasteiger partial charge in [0, 0.05) is 7.34 Å². The number of aryl methyl sites for hydroxylation is 2. The molecule has 0 spiro atoms. The normalized spacial score (nSPS) is 12.2. The van der Waals surface area contributed by atoms with Crippen LogP contribution in [0.2, 0.25) is 0 Å². The number of Topliss-reactive ketones (excluding diaryl/α,β-unsaturated/α-hetero) is 1. The Kier molecular flexibility index (Phi) is 4.53. The molecule has 90 valence electrons. The smallest absolute Gasteiger partial charge is 0.132 e. The van der Waals surface area contributed by atoms with Crippen LogP contribution in [-0.2, 0) is 11.2 Å². The summed E-state index contributed by atoms with van der Waals surface area (Å²) in [7, 11) is 1.67. The first-order chi connectivity index (χ1) is 7.54. The molecule has 1 aromatic rings. The van der Waals surface area contributed by atoms with E-state index in [4.69, 9.17) is 4.74 Å².